The highest BCUT2D eigenvalue weighted by Crippen LogP contribution is 2.32. The third-order valence-corrected chi connectivity index (χ3v) is 4.31. The average Bonchev–Trinajstić information content (AvgIpc) is 3.03. The van der Waals surface area contributed by atoms with E-state index in [1.54, 1.807) is 11.3 Å². The first-order valence-electron chi connectivity index (χ1n) is 6.40. The van der Waals surface area contributed by atoms with Gasteiger partial charge in [0.1, 0.15) is 0 Å². The van der Waals surface area contributed by atoms with Crippen molar-refractivity contribution in [3.05, 3.63) is 16.1 Å². The summed E-state index contributed by atoms with van der Waals surface area (Å²) in [5.41, 5.74) is 1.17. The molecule has 1 fully saturated rings. The fourth-order valence-corrected chi connectivity index (χ4v) is 2.83. The van der Waals surface area contributed by atoms with Crippen LogP contribution in [0.25, 0.3) is 0 Å². The molecule has 1 aliphatic rings. The molecule has 1 aliphatic carbocycles. The largest absolute Gasteiger partial charge is 0.314 e. The number of nitrogens with zero attached hydrogens (tertiary/aromatic N) is 1. The van der Waals surface area contributed by atoms with Crippen molar-refractivity contribution in [3.8, 4) is 0 Å². The van der Waals surface area contributed by atoms with E-state index in [4.69, 9.17) is 0 Å². The summed E-state index contributed by atoms with van der Waals surface area (Å²) in [5.74, 6) is 0.974. The van der Waals surface area contributed by atoms with Crippen molar-refractivity contribution in [2.75, 3.05) is 6.54 Å². The van der Waals surface area contributed by atoms with Crippen LogP contribution in [0.15, 0.2) is 5.38 Å². The molecule has 0 spiro atoms. The van der Waals surface area contributed by atoms with E-state index in [2.05, 4.69) is 29.5 Å². The predicted octanol–water partition coefficient (Wildman–Crippen LogP) is 3.16. The molecule has 1 unspecified atom stereocenters. The Morgan fingerprint density at radius 1 is 1.50 bits per heavy atom. The molecule has 0 aliphatic heterocycles. The molecule has 3 heteroatoms. The SMILES string of the molecule is Cc1csc(CCCCNC(C)C2CC2)n1. The van der Waals surface area contributed by atoms with Crippen LogP contribution in [0.1, 0.15) is 43.3 Å². The normalized spacial score (nSPS) is 17.6. The second kappa shape index (κ2) is 5.78. The Labute approximate surface area is 102 Å². The second-order valence-electron chi connectivity index (χ2n) is 4.92. The van der Waals surface area contributed by atoms with Crippen LogP contribution in [0.5, 0.6) is 0 Å². The van der Waals surface area contributed by atoms with Gasteiger partial charge in [-0.3, -0.25) is 0 Å². The highest BCUT2D eigenvalue weighted by atomic mass is 32.1. The Bertz CT molecular complexity index is 317. The number of aryl methyl sites for hydroxylation is 2. The summed E-state index contributed by atoms with van der Waals surface area (Å²) in [5, 5.41) is 7.06. The van der Waals surface area contributed by atoms with E-state index < -0.39 is 0 Å². The van der Waals surface area contributed by atoms with Gasteiger partial charge in [0.2, 0.25) is 0 Å². The van der Waals surface area contributed by atoms with Gasteiger partial charge in [-0.15, -0.1) is 11.3 Å². The van der Waals surface area contributed by atoms with Gasteiger partial charge in [-0.1, -0.05) is 0 Å². The zero-order valence-corrected chi connectivity index (χ0v) is 11.1. The summed E-state index contributed by atoms with van der Waals surface area (Å²) in [6.45, 7) is 5.56. The molecule has 2 nitrogen and oxygen atoms in total. The molecule has 0 saturated heterocycles. The molecule has 2 rings (SSSR count). The molecule has 1 N–H and O–H groups in total. The molecule has 1 aromatic rings. The summed E-state index contributed by atoms with van der Waals surface area (Å²) < 4.78 is 0. The Morgan fingerprint density at radius 3 is 2.94 bits per heavy atom. The first-order chi connectivity index (χ1) is 7.75. The van der Waals surface area contributed by atoms with E-state index in [9.17, 15) is 0 Å². The number of unbranched alkanes of at least 4 members (excludes halogenated alkanes) is 1. The molecular weight excluding hydrogens is 216 g/mol. The lowest BCUT2D eigenvalue weighted by Crippen LogP contribution is -2.28. The standard InChI is InChI=1S/C13H22N2S/c1-10-9-16-13(15-10)5-3-4-8-14-11(2)12-6-7-12/h9,11-12,14H,3-8H2,1-2H3. The van der Waals surface area contributed by atoms with Gasteiger partial charge in [0.05, 0.1) is 5.01 Å². The Kier molecular flexibility index (Phi) is 4.36. The number of hydrogen-bond acceptors (Lipinski definition) is 3. The van der Waals surface area contributed by atoms with Gasteiger partial charge in [0.15, 0.2) is 0 Å². The Morgan fingerprint density at radius 2 is 2.31 bits per heavy atom. The van der Waals surface area contributed by atoms with E-state index in [0.717, 1.165) is 18.4 Å². The molecule has 1 saturated carbocycles. The van der Waals surface area contributed by atoms with Gasteiger partial charge in [0.25, 0.3) is 0 Å². The van der Waals surface area contributed by atoms with E-state index in [1.165, 1.54) is 42.9 Å². The van der Waals surface area contributed by atoms with Gasteiger partial charge >= 0.3 is 0 Å². The fourth-order valence-electron chi connectivity index (χ4n) is 2.01. The van der Waals surface area contributed by atoms with Crippen LogP contribution in [0.2, 0.25) is 0 Å². The van der Waals surface area contributed by atoms with Crippen molar-refractivity contribution < 1.29 is 0 Å². The molecule has 16 heavy (non-hydrogen) atoms. The fraction of sp³-hybridized carbons (Fsp3) is 0.769. The van der Waals surface area contributed by atoms with Crippen molar-refractivity contribution >= 4 is 11.3 Å². The minimum atomic E-state index is 0.738. The molecule has 1 atom stereocenters. The monoisotopic (exact) mass is 238 g/mol. The molecule has 1 aromatic heterocycles. The minimum Gasteiger partial charge on any atom is -0.314 e. The zero-order chi connectivity index (χ0) is 11.4. The van der Waals surface area contributed by atoms with Gasteiger partial charge < -0.3 is 5.32 Å². The lowest BCUT2D eigenvalue weighted by Gasteiger charge is -2.11. The summed E-state index contributed by atoms with van der Waals surface area (Å²) >= 11 is 1.80. The number of nitrogens with one attached hydrogen (secondary N) is 1. The van der Waals surface area contributed by atoms with Crippen LogP contribution in [0.3, 0.4) is 0 Å². The van der Waals surface area contributed by atoms with Crippen LogP contribution in [-0.2, 0) is 6.42 Å². The van der Waals surface area contributed by atoms with E-state index in [-0.39, 0.29) is 0 Å². The number of aromatic nitrogens is 1. The highest BCUT2D eigenvalue weighted by Gasteiger charge is 2.26. The number of thiazole rings is 1. The van der Waals surface area contributed by atoms with E-state index >= 15 is 0 Å². The third kappa shape index (κ3) is 3.87. The Hall–Kier alpha value is -0.410. The average molecular weight is 238 g/mol. The summed E-state index contributed by atoms with van der Waals surface area (Å²) in [4.78, 5) is 4.48. The molecule has 0 amide bonds. The van der Waals surface area contributed by atoms with Crippen LogP contribution < -0.4 is 5.32 Å². The maximum Gasteiger partial charge on any atom is 0.0928 e. The van der Waals surface area contributed by atoms with E-state index in [0.29, 0.717) is 0 Å². The van der Waals surface area contributed by atoms with Gasteiger partial charge in [-0.25, -0.2) is 4.98 Å². The number of rotatable bonds is 7. The number of hydrogen-bond donors (Lipinski definition) is 1. The molecular formula is C13H22N2S. The van der Waals surface area contributed by atoms with Crippen LogP contribution in [0.4, 0.5) is 0 Å². The molecule has 0 radical (unpaired) electrons. The first kappa shape index (κ1) is 12.1. The maximum absolute atomic E-state index is 4.48. The van der Waals surface area contributed by atoms with Crippen LogP contribution in [0, 0.1) is 12.8 Å². The van der Waals surface area contributed by atoms with Crippen molar-refractivity contribution in [2.24, 2.45) is 5.92 Å². The van der Waals surface area contributed by atoms with Crippen molar-refractivity contribution in [1.82, 2.24) is 10.3 Å². The quantitative estimate of drug-likeness (QED) is 0.738. The van der Waals surface area contributed by atoms with Gasteiger partial charge in [-0.2, -0.15) is 0 Å². The van der Waals surface area contributed by atoms with Gasteiger partial charge in [-0.05, 0) is 58.4 Å². The molecule has 0 aromatic carbocycles. The predicted molar refractivity (Wildman–Crippen MR) is 70.0 cm³/mol. The summed E-state index contributed by atoms with van der Waals surface area (Å²) in [6.07, 6.45) is 6.56. The summed E-state index contributed by atoms with van der Waals surface area (Å²) in [6, 6.07) is 0.738. The van der Waals surface area contributed by atoms with Crippen molar-refractivity contribution in [1.29, 1.82) is 0 Å². The van der Waals surface area contributed by atoms with Crippen molar-refractivity contribution in [3.63, 3.8) is 0 Å². The topological polar surface area (TPSA) is 24.9 Å². The smallest absolute Gasteiger partial charge is 0.0928 e. The second-order valence-corrected chi connectivity index (χ2v) is 5.86. The van der Waals surface area contributed by atoms with Crippen LogP contribution in [-0.4, -0.2) is 17.6 Å². The first-order valence-corrected chi connectivity index (χ1v) is 7.28. The highest BCUT2D eigenvalue weighted by molar-refractivity contribution is 7.09. The zero-order valence-electron chi connectivity index (χ0n) is 10.3. The lowest BCUT2D eigenvalue weighted by molar-refractivity contribution is 0.484. The van der Waals surface area contributed by atoms with Crippen molar-refractivity contribution in [2.45, 2.75) is 52.0 Å². The Balaban J connectivity index is 1.51. The maximum atomic E-state index is 4.48. The van der Waals surface area contributed by atoms with E-state index in [1.807, 2.05) is 0 Å². The molecule has 0 bridgehead atoms. The van der Waals surface area contributed by atoms with Gasteiger partial charge in [0, 0.05) is 17.1 Å². The molecule has 1 heterocycles. The lowest BCUT2D eigenvalue weighted by atomic mass is 10.2. The summed E-state index contributed by atoms with van der Waals surface area (Å²) in [7, 11) is 0. The minimum absolute atomic E-state index is 0.738. The third-order valence-electron chi connectivity index (χ3n) is 3.28. The van der Waals surface area contributed by atoms with Crippen LogP contribution >= 0.6 is 11.3 Å². The molecule has 90 valence electrons.